The van der Waals surface area contributed by atoms with Gasteiger partial charge >= 0.3 is 5.97 Å². The molecule has 0 aromatic heterocycles. The molecule has 0 aliphatic carbocycles. The van der Waals surface area contributed by atoms with Gasteiger partial charge in [-0.25, -0.2) is 0 Å². The summed E-state index contributed by atoms with van der Waals surface area (Å²) >= 11 is 0. The van der Waals surface area contributed by atoms with Crippen molar-refractivity contribution >= 4 is 38.3 Å². The summed E-state index contributed by atoms with van der Waals surface area (Å²) in [6, 6.07) is 43.1. The summed E-state index contributed by atoms with van der Waals surface area (Å²) in [7, 11) is 0. The Morgan fingerprint density at radius 1 is 0.583 bits per heavy atom. The minimum Gasteiger partial charge on any atom is -0.481 e. The van der Waals surface area contributed by atoms with E-state index in [9.17, 15) is 9.90 Å². The van der Waals surface area contributed by atoms with E-state index in [1.54, 1.807) is 0 Å². The van der Waals surface area contributed by atoms with Gasteiger partial charge in [-0.3, -0.25) is 4.79 Å². The van der Waals surface area contributed by atoms with E-state index in [-0.39, 0.29) is 0 Å². The maximum atomic E-state index is 13.4. The second-order valence-electron chi connectivity index (χ2n) is 9.64. The third-order valence-electron chi connectivity index (χ3n) is 7.64. The third kappa shape index (κ3) is 3.46. The van der Waals surface area contributed by atoms with E-state index in [0.717, 1.165) is 49.0 Å². The van der Waals surface area contributed by atoms with Crippen molar-refractivity contribution < 1.29 is 9.90 Å². The summed E-state index contributed by atoms with van der Waals surface area (Å²) < 4.78 is 0. The first-order valence-electron chi connectivity index (χ1n) is 12.3. The van der Waals surface area contributed by atoms with Crippen LogP contribution in [-0.2, 0) is 10.2 Å². The fourth-order valence-electron chi connectivity index (χ4n) is 5.72. The van der Waals surface area contributed by atoms with Crippen molar-refractivity contribution in [2.24, 2.45) is 0 Å². The summed E-state index contributed by atoms with van der Waals surface area (Å²) in [5, 5.41) is 17.5. The van der Waals surface area contributed by atoms with Crippen molar-refractivity contribution in [3.8, 4) is 0 Å². The van der Waals surface area contributed by atoms with Crippen LogP contribution < -0.4 is 0 Å². The summed E-state index contributed by atoms with van der Waals surface area (Å²) in [5.74, 6) is -1.27. The largest absolute Gasteiger partial charge is 0.481 e. The Labute approximate surface area is 210 Å². The molecular weight excluding hydrogens is 440 g/mol. The van der Waals surface area contributed by atoms with Gasteiger partial charge in [0.15, 0.2) is 0 Å². The normalized spacial score (nSPS) is 13.3. The molecule has 2 nitrogen and oxygen atoms in total. The average molecular weight is 467 g/mol. The van der Waals surface area contributed by atoms with Crippen LogP contribution in [0.2, 0.25) is 0 Å². The third-order valence-corrected chi connectivity index (χ3v) is 7.64. The van der Waals surface area contributed by atoms with Crippen molar-refractivity contribution in [3.63, 3.8) is 0 Å². The number of carboxylic acids is 1. The lowest BCUT2D eigenvalue weighted by Crippen LogP contribution is -2.39. The van der Waals surface area contributed by atoms with Crippen molar-refractivity contribution in [2.75, 3.05) is 0 Å². The second-order valence-corrected chi connectivity index (χ2v) is 9.64. The van der Waals surface area contributed by atoms with Crippen LogP contribution in [0.4, 0.5) is 0 Å². The zero-order chi connectivity index (χ0) is 24.7. The highest BCUT2D eigenvalue weighted by Gasteiger charge is 2.46. The first kappa shape index (κ1) is 22.1. The van der Waals surface area contributed by atoms with Crippen LogP contribution >= 0.6 is 0 Å². The summed E-state index contributed by atoms with van der Waals surface area (Å²) in [4.78, 5) is 13.4. The van der Waals surface area contributed by atoms with Gasteiger partial charge in [-0.15, -0.1) is 0 Å². The SMILES string of the molecule is CC(C(=O)O)(c1ccc2ccccc2c1)C(c1cccc2ccccc12)c1cccc2ccccc12. The molecule has 0 fully saturated rings. The highest BCUT2D eigenvalue weighted by atomic mass is 16.4. The number of rotatable bonds is 5. The van der Waals surface area contributed by atoms with E-state index in [0.29, 0.717) is 0 Å². The van der Waals surface area contributed by atoms with Gasteiger partial charge in [0.1, 0.15) is 5.41 Å². The highest BCUT2D eigenvalue weighted by molar-refractivity contribution is 5.95. The zero-order valence-electron chi connectivity index (χ0n) is 20.1. The molecule has 0 saturated heterocycles. The number of carbonyl (C=O) groups is 1. The molecule has 174 valence electrons. The molecule has 1 unspecified atom stereocenters. The molecule has 1 N–H and O–H groups in total. The Hall–Kier alpha value is -4.43. The molecule has 6 rings (SSSR count). The molecule has 36 heavy (non-hydrogen) atoms. The van der Waals surface area contributed by atoms with Gasteiger partial charge in [0.05, 0.1) is 0 Å². The minimum absolute atomic E-state index is 0.423. The van der Waals surface area contributed by atoms with Gasteiger partial charge in [0.2, 0.25) is 0 Å². The predicted octanol–water partition coefficient (Wildman–Crippen LogP) is 8.32. The Bertz CT molecular complexity index is 1660. The maximum Gasteiger partial charge on any atom is 0.314 e. The smallest absolute Gasteiger partial charge is 0.314 e. The van der Waals surface area contributed by atoms with Crippen LogP contribution in [0.25, 0.3) is 32.3 Å². The number of benzene rings is 6. The van der Waals surface area contributed by atoms with Crippen molar-refractivity contribution in [1.82, 2.24) is 0 Å². The summed E-state index contributed by atoms with van der Waals surface area (Å²) in [6.07, 6.45) is 0. The van der Waals surface area contributed by atoms with Gasteiger partial charge in [-0.05, 0) is 62.0 Å². The Balaban J connectivity index is 1.72. The molecule has 2 heteroatoms. The fourth-order valence-corrected chi connectivity index (χ4v) is 5.72. The predicted molar refractivity (Wildman–Crippen MR) is 149 cm³/mol. The van der Waals surface area contributed by atoms with Gasteiger partial charge in [0.25, 0.3) is 0 Å². The minimum atomic E-state index is -1.22. The molecule has 0 spiro atoms. The number of hydrogen-bond donors (Lipinski definition) is 1. The van der Waals surface area contributed by atoms with E-state index in [1.807, 2.05) is 79.7 Å². The van der Waals surface area contributed by atoms with E-state index >= 15 is 0 Å². The standard InChI is InChI=1S/C34H26O2/c1-34(33(35)36,27-21-20-23-10-2-3-13-26(23)22-27)32(30-18-8-14-24-11-4-6-16-28(24)30)31-19-9-15-25-12-5-7-17-29(25)31/h2-22,32H,1H3,(H,35,36). The van der Waals surface area contributed by atoms with Crippen LogP contribution in [-0.4, -0.2) is 11.1 Å². The highest BCUT2D eigenvalue weighted by Crippen LogP contribution is 2.48. The molecule has 6 aromatic rings. The zero-order valence-corrected chi connectivity index (χ0v) is 20.1. The molecule has 0 aliphatic rings. The molecule has 0 radical (unpaired) electrons. The quantitative estimate of drug-likeness (QED) is 0.277. The average Bonchev–Trinajstić information content (AvgIpc) is 2.93. The van der Waals surface area contributed by atoms with E-state index in [4.69, 9.17) is 0 Å². The topological polar surface area (TPSA) is 37.3 Å². The Morgan fingerprint density at radius 2 is 1.06 bits per heavy atom. The lowest BCUT2D eigenvalue weighted by molar-refractivity contribution is -0.143. The van der Waals surface area contributed by atoms with Crippen LogP contribution in [0.1, 0.15) is 29.5 Å². The van der Waals surface area contributed by atoms with Crippen LogP contribution in [0, 0.1) is 0 Å². The molecular formula is C34H26O2. The second kappa shape index (κ2) is 8.66. The van der Waals surface area contributed by atoms with Crippen LogP contribution in [0.15, 0.2) is 127 Å². The number of hydrogen-bond acceptors (Lipinski definition) is 1. The number of carboxylic acid groups (broad SMARTS) is 1. The molecule has 1 atom stereocenters. The lowest BCUT2D eigenvalue weighted by Gasteiger charge is -2.37. The van der Waals surface area contributed by atoms with Gasteiger partial charge in [-0.2, -0.15) is 0 Å². The van der Waals surface area contributed by atoms with E-state index < -0.39 is 17.3 Å². The molecule has 0 aliphatic heterocycles. The summed E-state index contributed by atoms with van der Waals surface area (Å²) in [6.45, 7) is 1.88. The molecule has 0 saturated carbocycles. The molecule has 0 bridgehead atoms. The van der Waals surface area contributed by atoms with Crippen LogP contribution in [0.5, 0.6) is 0 Å². The van der Waals surface area contributed by atoms with Crippen molar-refractivity contribution in [1.29, 1.82) is 0 Å². The number of fused-ring (bicyclic) bond motifs is 3. The monoisotopic (exact) mass is 466 g/mol. The number of aliphatic carboxylic acids is 1. The lowest BCUT2D eigenvalue weighted by atomic mass is 9.64. The van der Waals surface area contributed by atoms with E-state index in [1.165, 1.54) is 0 Å². The molecule has 6 aromatic carbocycles. The van der Waals surface area contributed by atoms with Gasteiger partial charge in [0, 0.05) is 5.92 Å². The summed E-state index contributed by atoms with van der Waals surface area (Å²) in [5.41, 5.74) is 1.60. The Kier molecular flexibility index (Phi) is 5.30. The van der Waals surface area contributed by atoms with Crippen LogP contribution in [0.3, 0.4) is 0 Å². The first-order chi connectivity index (χ1) is 17.6. The molecule has 0 heterocycles. The van der Waals surface area contributed by atoms with Gasteiger partial charge in [-0.1, -0.05) is 121 Å². The maximum absolute atomic E-state index is 13.4. The van der Waals surface area contributed by atoms with Crippen molar-refractivity contribution in [2.45, 2.75) is 18.3 Å². The molecule has 0 amide bonds. The fraction of sp³-hybridized carbons (Fsp3) is 0.0882. The first-order valence-corrected chi connectivity index (χ1v) is 12.3. The Morgan fingerprint density at radius 3 is 1.61 bits per heavy atom. The van der Waals surface area contributed by atoms with E-state index in [2.05, 4.69) is 54.6 Å². The van der Waals surface area contributed by atoms with Gasteiger partial charge < -0.3 is 5.11 Å². The van der Waals surface area contributed by atoms with Crippen molar-refractivity contribution in [3.05, 3.63) is 144 Å².